The summed E-state index contributed by atoms with van der Waals surface area (Å²) in [7, 11) is 0. The Hall–Kier alpha value is -2.55. The van der Waals surface area contributed by atoms with E-state index in [0.717, 1.165) is 11.3 Å². The smallest absolute Gasteiger partial charge is 0.338 e. The van der Waals surface area contributed by atoms with Crippen LogP contribution in [0.15, 0.2) is 23.6 Å². The number of hydrogen-bond donors (Lipinski definition) is 3. The van der Waals surface area contributed by atoms with Crippen LogP contribution in [-0.4, -0.2) is 17.1 Å². The summed E-state index contributed by atoms with van der Waals surface area (Å²) in [5, 5.41) is 14.3. The first-order chi connectivity index (χ1) is 9.88. The number of amides is 2. The van der Waals surface area contributed by atoms with Crippen LogP contribution < -0.4 is 10.6 Å². The number of thiophene rings is 1. The van der Waals surface area contributed by atoms with Crippen LogP contribution >= 0.6 is 11.3 Å². The second-order valence-electron chi connectivity index (χ2n) is 3.79. The van der Waals surface area contributed by atoms with E-state index >= 15 is 0 Å². The zero-order chi connectivity index (χ0) is 15.6. The van der Waals surface area contributed by atoms with Crippen LogP contribution in [0.3, 0.4) is 0 Å². The highest BCUT2D eigenvalue weighted by atomic mass is 32.1. The molecule has 5 nitrogen and oxygen atoms in total. The maximum absolute atomic E-state index is 13.3. The van der Waals surface area contributed by atoms with Gasteiger partial charge in [0.25, 0.3) is 0 Å². The number of carboxylic acids is 1. The molecule has 2 aromatic rings. The standard InChI is InChI=1S/C12H7F3N2O3S/c13-5-3-7(14)9(8(15)4-5)16-12(20)17-10-6(11(18)19)1-2-21-10/h1-4H,(H,18,19)(H2,16,17,20). The monoisotopic (exact) mass is 316 g/mol. The van der Waals surface area contributed by atoms with Crippen LogP contribution in [0.1, 0.15) is 10.4 Å². The fourth-order valence-electron chi connectivity index (χ4n) is 1.48. The summed E-state index contributed by atoms with van der Waals surface area (Å²) < 4.78 is 39.4. The maximum Gasteiger partial charge on any atom is 0.338 e. The molecule has 1 aromatic carbocycles. The minimum absolute atomic E-state index is 0.00271. The van der Waals surface area contributed by atoms with Crippen molar-refractivity contribution in [3.05, 3.63) is 46.6 Å². The van der Waals surface area contributed by atoms with E-state index in [4.69, 9.17) is 5.11 Å². The molecular weight excluding hydrogens is 309 g/mol. The highest BCUT2D eigenvalue weighted by Crippen LogP contribution is 2.24. The highest BCUT2D eigenvalue weighted by molar-refractivity contribution is 7.14. The molecule has 110 valence electrons. The molecular formula is C12H7F3N2O3S. The number of benzene rings is 1. The molecule has 1 heterocycles. The van der Waals surface area contributed by atoms with Crippen molar-refractivity contribution < 1.29 is 27.9 Å². The van der Waals surface area contributed by atoms with Gasteiger partial charge in [0, 0.05) is 12.1 Å². The lowest BCUT2D eigenvalue weighted by atomic mass is 10.3. The predicted molar refractivity (Wildman–Crippen MR) is 70.2 cm³/mol. The summed E-state index contributed by atoms with van der Waals surface area (Å²) >= 11 is 0.927. The van der Waals surface area contributed by atoms with Gasteiger partial charge < -0.3 is 10.4 Å². The van der Waals surface area contributed by atoms with Gasteiger partial charge in [-0.25, -0.2) is 22.8 Å². The number of halogens is 3. The summed E-state index contributed by atoms with van der Waals surface area (Å²) in [5.41, 5.74) is -0.988. The number of rotatable bonds is 3. The fraction of sp³-hybridized carbons (Fsp3) is 0. The van der Waals surface area contributed by atoms with Crippen molar-refractivity contribution in [2.24, 2.45) is 0 Å². The number of urea groups is 1. The van der Waals surface area contributed by atoms with Crippen LogP contribution in [0.2, 0.25) is 0 Å². The summed E-state index contributed by atoms with van der Waals surface area (Å²) in [6.07, 6.45) is 0. The van der Waals surface area contributed by atoms with E-state index < -0.39 is 35.1 Å². The lowest BCUT2D eigenvalue weighted by molar-refractivity contribution is 0.0698. The molecule has 0 radical (unpaired) electrons. The van der Waals surface area contributed by atoms with E-state index in [1.165, 1.54) is 11.4 Å². The third-order valence-corrected chi connectivity index (χ3v) is 3.20. The first-order valence-electron chi connectivity index (χ1n) is 5.42. The van der Waals surface area contributed by atoms with E-state index in [1.807, 2.05) is 5.32 Å². The molecule has 0 aliphatic rings. The van der Waals surface area contributed by atoms with E-state index in [-0.39, 0.29) is 10.6 Å². The van der Waals surface area contributed by atoms with Crippen molar-refractivity contribution >= 4 is 34.0 Å². The van der Waals surface area contributed by atoms with Crippen molar-refractivity contribution in [1.82, 2.24) is 0 Å². The molecule has 0 atom stereocenters. The lowest BCUT2D eigenvalue weighted by Gasteiger charge is -2.09. The van der Waals surface area contributed by atoms with Crippen LogP contribution in [-0.2, 0) is 0 Å². The van der Waals surface area contributed by atoms with Crippen LogP contribution in [0.4, 0.5) is 28.7 Å². The summed E-state index contributed by atoms with van der Waals surface area (Å²) in [5.74, 6) is -4.95. The van der Waals surface area contributed by atoms with Crippen molar-refractivity contribution in [2.75, 3.05) is 10.6 Å². The Morgan fingerprint density at radius 2 is 1.71 bits per heavy atom. The number of anilines is 2. The number of carboxylic acid groups (broad SMARTS) is 1. The van der Waals surface area contributed by atoms with Gasteiger partial charge in [-0.05, 0) is 11.4 Å². The Bertz CT molecular complexity index is 695. The van der Waals surface area contributed by atoms with Gasteiger partial charge >= 0.3 is 12.0 Å². The molecule has 0 fully saturated rings. The van der Waals surface area contributed by atoms with Gasteiger partial charge in [0.15, 0.2) is 11.6 Å². The van der Waals surface area contributed by atoms with Gasteiger partial charge in [-0.1, -0.05) is 0 Å². The van der Waals surface area contributed by atoms with Crippen molar-refractivity contribution in [3.8, 4) is 0 Å². The number of carbonyl (C=O) groups is 2. The van der Waals surface area contributed by atoms with Crippen LogP contribution in [0, 0.1) is 17.5 Å². The fourth-order valence-corrected chi connectivity index (χ4v) is 2.26. The van der Waals surface area contributed by atoms with Gasteiger partial charge in [0.2, 0.25) is 0 Å². The number of aromatic carboxylic acids is 1. The maximum atomic E-state index is 13.3. The number of hydrogen-bond acceptors (Lipinski definition) is 3. The first kappa shape index (κ1) is 14.9. The average Bonchev–Trinajstić information content (AvgIpc) is 2.82. The van der Waals surface area contributed by atoms with Gasteiger partial charge in [-0.2, -0.15) is 0 Å². The molecule has 0 aliphatic carbocycles. The number of carbonyl (C=O) groups excluding carboxylic acids is 1. The SMILES string of the molecule is O=C(Nc1sccc1C(=O)O)Nc1c(F)cc(F)cc1F. The van der Waals surface area contributed by atoms with Crippen LogP contribution in [0.5, 0.6) is 0 Å². The molecule has 0 spiro atoms. The normalized spacial score (nSPS) is 10.2. The predicted octanol–water partition coefficient (Wildman–Crippen LogP) is 3.51. The molecule has 1 aromatic heterocycles. The van der Waals surface area contributed by atoms with E-state index in [1.54, 1.807) is 0 Å². The topological polar surface area (TPSA) is 78.4 Å². The Morgan fingerprint density at radius 3 is 2.29 bits per heavy atom. The molecule has 2 amide bonds. The van der Waals surface area contributed by atoms with Gasteiger partial charge in [0.1, 0.15) is 16.5 Å². The summed E-state index contributed by atoms with van der Waals surface area (Å²) in [4.78, 5) is 22.5. The lowest BCUT2D eigenvalue weighted by Crippen LogP contribution is -2.21. The Balaban J connectivity index is 2.16. The summed E-state index contributed by atoms with van der Waals surface area (Å²) in [6.45, 7) is 0. The average molecular weight is 316 g/mol. The zero-order valence-corrected chi connectivity index (χ0v) is 10.9. The second-order valence-corrected chi connectivity index (χ2v) is 4.71. The molecule has 9 heteroatoms. The highest BCUT2D eigenvalue weighted by Gasteiger charge is 2.17. The molecule has 3 N–H and O–H groups in total. The molecule has 0 saturated carbocycles. The largest absolute Gasteiger partial charge is 0.478 e. The molecule has 2 rings (SSSR count). The first-order valence-corrected chi connectivity index (χ1v) is 6.29. The quantitative estimate of drug-likeness (QED) is 0.811. The van der Waals surface area contributed by atoms with Gasteiger partial charge in [-0.3, -0.25) is 5.32 Å². The van der Waals surface area contributed by atoms with E-state index in [0.29, 0.717) is 12.1 Å². The Kier molecular flexibility index (Phi) is 4.13. The van der Waals surface area contributed by atoms with Crippen LogP contribution in [0.25, 0.3) is 0 Å². The summed E-state index contributed by atoms with van der Waals surface area (Å²) in [6, 6.07) is 1.03. The molecule has 21 heavy (non-hydrogen) atoms. The molecule has 0 bridgehead atoms. The van der Waals surface area contributed by atoms with E-state index in [9.17, 15) is 22.8 Å². The van der Waals surface area contributed by atoms with Crippen molar-refractivity contribution in [2.45, 2.75) is 0 Å². The third kappa shape index (κ3) is 3.31. The molecule has 0 saturated heterocycles. The Morgan fingerprint density at radius 1 is 1.10 bits per heavy atom. The second kappa shape index (κ2) is 5.83. The van der Waals surface area contributed by atoms with Gasteiger partial charge in [0.05, 0.1) is 5.56 Å². The van der Waals surface area contributed by atoms with E-state index in [2.05, 4.69) is 5.32 Å². The Labute approximate surface area is 120 Å². The minimum atomic E-state index is -1.28. The molecule has 0 aliphatic heterocycles. The number of nitrogens with one attached hydrogen (secondary N) is 2. The molecule has 0 unspecified atom stereocenters. The van der Waals surface area contributed by atoms with Gasteiger partial charge in [-0.15, -0.1) is 11.3 Å². The van der Waals surface area contributed by atoms with Crippen molar-refractivity contribution in [3.63, 3.8) is 0 Å². The third-order valence-electron chi connectivity index (χ3n) is 2.37. The minimum Gasteiger partial charge on any atom is -0.478 e. The van der Waals surface area contributed by atoms with Crippen molar-refractivity contribution in [1.29, 1.82) is 0 Å². The zero-order valence-electron chi connectivity index (χ0n) is 10.1.